The van der Waals surface area contributed by atoms with Gasteiger partial charge in [0.1, 0.15) is 18.3 Å². The van der Waals surface area contributed by atoms with Gasteiger partial charge in [0, 0.05) is 57.3 Å². The first-order valence-corrected chi connectivity index (χ1v) is 18.4. The maximum atomic E-state index is 12.7. The molecule has 0 spiro atoms. The Morgan fingerprint density at radius 1 is 1.10 bits per heavy atom. The number of nitrogens with zero attached hydrogens (tertiary/aromatic N) is 2. The molecule has 0 saturated carbocycles. The van der Waals surface area contributed by atoms with E-state index in [1.165, 1.54) is 0 Å². The van der Waals surface area contributed by atoms with E-state index in [1.807, 2.05) is 48.9 Å². The highest BCUT2D eigenvalue weighted by Crippen LogP contribution is 2.27. The summed E-state index contributed by atoms with van der Waals surface area (Å²) >= 11 is 0. The Morgan fingerprint density at radius 3 is 2.62 bits per heavy atom. The Morgan fingerprint density at radius 2 is 1.90 bits per heavy atom. The van der Waals surface area contributed by atoms with Gasteiger partial charge in [-0.25, -0.2) is 4.98 Å². The van der Waals surface area contributed by atoms with Crippen LogP contribution in [-0.2, 0) is 21.1 Å². The molecule has 2 aromatic heterocycles. The first kappa shape index (κ1) is 31.5. The molecule has 9 heteroatoms. The minimum atomic E-state index is -1.24. The van der Waals surface area contributed by atoms with Crippen LogP contribution in [0, 0.1) is 0 Å². The number of fused-ring (bicyclic) bond motifs is 1. The van der Waals surface area contributed by atoms with Gasteiger partial charge in [0.15, 0.2) is 0 Å². The quantitative estimate of drug-likeness (QED) is 0.142. The van der Waals surface area contributed by atoms with E-state index >= 15 is 0 Å². The molecule has 1 aromatic carbocycles. The number of ether oxygens (including phenoxy) is 1. The van der Waals surface area contributed by atoms with E-state index in [0.29, 0.717) is 43.8 Å². The maximum Gasteiger partial charge on any atom is 0.255 e. The Bertz CT molecular complexity index is 1320. The molecule has 0 aliphatic heterocycles. The average Bonchev–Trinajstić information content (AvgIpc) is 3.34. The average molecular weight is 567 g/mol. The van der Waals surface area contributed by atoms with Gasteiger partial charge in [-0.05, 0) is 48.9 Å². The van der Waals surface area contributed by atoms with Gasteiger partial charge in [0.2, 0.25) is 5.91 Å². The smallest absolute Gasteiger partial charge is 0.255 e. The van der Waals surface area contributed by atoms with E-state index in [-0.39, 0.29) is 17.5 Å². The van der Waals surface area contributed by atoms with E-state index in [1.54, 1.807) is 6.20 Å². The second-order valence-corrected chi connectivity index (χ2v) is 17.4. The fourth-order valence-electron chi connectivity index (χ4n) is 4.63. The molecule has 1 atom stereocenters. The van der Waals surface area contributed by atoms with Crippen LogP contribution in [0.1, 0.15) is 77.1 Å². The summed E-state index contributed by atoms with van der Waals surface area (Å²) in [5, 5.41) is 4.70. The van der Waals surface area contributed by atoms with Crippen molar-refractivity contribution in [3.63, 3.8) is 0 Å². The Balaban J connectivity index is 1.89. The number of unbranched alkanes of at least 4 members (excludes halogenated alkanes) is 2. The highest BCUT2D eigenvalue weighted by Gasteiger charge is 2.22. The standard InChI is InChI=1S/C31H46N4O4Si/c1-6-11-29(37)33-27(13-10-8-9-12-25(36)7-2)30-34-28(21-35(30)22-39-18-19-40(3,4)5)24-14-15-26-23(20-24)16-17-32-31(26)38/h14-17,20-21,27H,6-13,18-19,22H2,1-5H3,(H,32,38)(H,33,37)/t27-/m0/s1. The topological polar surface area (TPSA) is 106 Å². The molecule has 218 valence electrons. The molecule has 8 nitrogen and oxygen atoms in total. The summed E-state index contributed by atoms with van der Waals surface area (Å²) in [6.07, 6.45) is 9.45. The number of aromatic amines is 1. The minimum absolute atomic E-state index is 0.00865. The molecule has 0 aliphatic rings. The number of nitrogens with one attached hydrogen (secondary N) is 2. The van der Waals surface area contributed by atoms with E-state index in [2.05, 4.69) is 29.9 Å². The number of carbonyl (C=O) groups is 2. The van der Waals surface area contributed by atoms with Crippen LogP contribution in [0.2, 0.25) is 25.7 Å². The monoisotopic (exact) mass is 566 g/mol. The lowest BCUT2D eigenvalue weighted by molar-refractivity contribution is -0.122. The van der Waals surface area contributed by atoms with Crippen molar-refractivity contribution in [1.82, 2.24) is 19.9 Å². The van der Waals surface area contributed by atoms with Gasteiger partial charge < -0.3 is 19.6 Å². The van der Waals surface area contributed by atoms with Crippen molar-refractivity contribution in [2.75, 3.05) is 6.61 Å². The van der Waals surface area contributed by atoms with Gasteiger partial charge in [-0.3, -0.25) is 14.4 Å². The first-order chi connectivity index (χ1) is 19.1. The minimum Gasteiger partial charge on any atom is -0.361 e. The number of rotatable bonds is 17. The fourth-order valence-corrected chi connectivity index (χ4v) is 5.38. The molecule has 2 heterocycles. The van der Waals surface area contributed by atoms with E-state index in [9.17, 15) is 14.4 Å². The van der Waals surface area contributed by atoms with E-state index in [0.717, 1.165) is 60.6 Å². The summed E-state index contributed by atoms with van der Waals surface area (Å²) in [5.74, 6) is 1.07. The summed E-state index contributed by atoms with van der Waals surface area (Å²) in [5.41, 5.74) is 1.55. The number of benzene rings is 1. The molecular formula is C31H46N4O4Si. The molecule has 2 N–H and O–H groups in total. The molecule has 0 bridgehead atoms. The SMILES string of the molecule is CCCC(=O)N[C@@H](CCCCCC(=O)CC)c1nc(-c2ccc3c(=O)[nH]ccc3c2)cn1COCC[Si](C)(C)C. The summed E-state index contributed by atoms with van der Waals surface area (Å²) in [6.45, 7) is 11.9. The van der Waals surface area contributed by atoms with E-state index in [4.69, 9.17) is 9.72 Å². The van der Waals surface area contributed by atoms with Crippen molar-refractivity contribution in [3.05, 3.63) is 52.8 Å². The Labute approximate surface area is 238 Å². The third-order valence-electron chi connectivity index (χ3n) is 7.07. The van der Waals surface area contributed by atoms with Crippen molar-refractivity contribution in [3.8, 4) is 11.3 Å². The van der Waals surface area contributed by atoms with Crippen molar-refractivity contribution >= 4 is 30.5 Å². The summed E-state index contributed by atoms with van der Waals surface area (Å²) in [4.78, 5) is 44.4. The van der Waals surface area contributed by atoms with Gasteiger partial charge in [-0.15, -0.1) is 0 Å². The molecule has 0 aliphatic carbocycles. The maximum absolute atomic E-state index is 12.7. The molecule has 3 aromatic rings. The molecule has 0 fully saturated rings. The van der Waals surface area contributed by atoms with Crippen molar-refractivity contribution in [1.29, 1.82) is 0 Å². The molecule has 1 amide bonds. The Hall–Kier alpha value is -3.04. The molecular weight excluding hydrogens is 520 g/mol. The zero-order chi connectivity index (χ0) is 29.1. The number of hydrogen-bond donors (Lipinski definition) is 2. The number of ketones is 1. The lowest BCUT2D eigenvalue weighted by atomic mass is 10.0. The van der Waals surface area contributed by atoms with Crippen molar-refractivity contribution in [2.45, 2.75) is 104 Å². The number of aromatic nitrogens is 3. The number of imidazole rings is 1. The number of Topliss-reactive ketones (excluding diaryl/α,β-unsaturated/α-hetero) is 1. The lowest BCUT2D eigenvalue weighted by Gasteiger charge is -2.21. The highest BCUT2D eigenvalue weighted by atomic mass is 28.3. The van der Waals surface area contributed by atoms with Crippen LogP contribution in [-0.4, -0.2) is 40.9 Å². The number of pyridine rings is 1. The third-order valence-corrected chi connectivity index (χ3v) is 8.77. The molecule has 0 unspecified atom stereocenters. The first-order valence-electron chi connectivity index (χ1n) is 14.7. The van der Waals surface area contributed by atoms with Crippen LogP contribution in [0.3, 0.4) is 0 Å². The lowest BCUT2D eigenvalue weighted by Crippen LogP contribution is -2.30. The zero-order valence-corrected chi connectivity index (χ0v) is 25.8. The molecule has 40 heavy (non-hydrogen) atoms. The van der Waals surface area contributed by atoms with Crippen LogP contribution >= 0.6 is 0 Å². The van der Waals surface area contributed by atoms with Crippen molar-refractivity contribution in [2.24, 2.45) is 0 Å². The number of carbonyl (C=O) groups excluding carboxylic acids is 2. The Kier molecular flexibility index (Phi) is 11.9. The second kappa shape index (κ2) is 15.1. The predicted molar refractivity (Wildman–Crippen MR) is 164 cm³/mol. The van der Waals surface area contributed by atoms with E-state index < -0.39 is 8.07 Å². The number of hydrogen-bond acceptors (Lipinski definition) is 5. The third kappa shape index (κ3) is 9.55. The molecule has 3 rings (SSSR count). The van der Waals surface area contributed by atoms with Crippen LogP contribution in [0.4, 0.5) is 0 Å². The second-order valence-electron chi connectivity index (χ2n) is 11.8. The predicted octanol–water partition coefficient (Wildman–Crippen LogP) is 6.59. The summed E-state index contributed by atoms with van der Waals surface area (Å²) < 4.78 is 8.13. The number of amides is 1. The van der Waals surface area contributed by atoms with Crippen molar-refractivity contribution < 1.29 is 14.3 Å². The van der Waals surface area contributed by atoms with Gasteiger partial charge in [0.05, 0.1) is 11.7 Å². The largest absolute Gasteiger partial charge is 0.361 e. The number of H-pyrrole nitrogens is 1. The fraction of sp³-hybridized carbons (Fsp3) is 0.548. The van der Waals surface area contributed by atoms with Crippen LogP contribution in [0.25, 0.3) is 22.0 Å². The van der Waals surface area contributed by atoms with Crippen LogP contribution in [0.15, 0.2) is 41.5 Å². The molecule has 0 saturated heterocycles. The van der Waals surface area contributed by atoms with Gasteiger partial charge in [-0.1, -0.05) is 52.4 Å². The van der Waals surface area contributed by atoms with Gasteiger partial charge in [-0.2, -0.15) is 0 Å². The zero-order valence-electron chi connectivity index (χ0n) is 24.8. The summed E-state index contributed by atoms with van der Waals surface area (Å²) in [6, 6.07) is 8.40. The summed E-state index contributed by atoms with van der Waals surface area (Å²) in [7, 11) is -1.24. The normalized spacial score (nSPS) is 12.5. The van der Waals surface area contributed by atoms with Gasteiger partial charge in [0.25, 0.3) is 5.56 Å². The van der Waals surface area contributed by atoms with Gasteiger partial charge >= 0.3 is 0 Å². The van der Waals surface area contributed by atoms with Crippen LogP contribution < -0.4 is 10.9 Å². The van der Waals surface area contributed by atoms with Crippen LogP contribution in [0.5, 0.6) is 0 Å². The highest BCUT2D eigenvalue weighted by molar-refractivity contribution is 6.76. The molecule has 0 radical (unpaired) electrons.